The third-order valence-electron chi connectivity index (χ3n) is 2.86. The first-order valence-electron chi connectivity index (χ1n) is 6.47. The van der Waals surface area contributed by atoms with Crippen LogP contribution in [0.4, 0.5) is 0 Å². The van der Waals surface area contributed by atoms with Crippen LogP contribution in [0.25, 0.3) is 11.1 Å². The largest absolute Gasteiger partial charge is 0.440 e. The van der Waals surface area contributed by atoms with Crippen LogP contribution in [0.3, 0.4) is 0 Å². The molecule has 0 saturated heterocycles. The van der Waals surface area contributed by atoms with Crippen LogP contribution < -0.4 is 5.32 Å². The third kappa shape index (κ3) is 3.10. The number of rotatable bonds is 3. The maximum atomic E-state index is 5.82. The molecule has 1 aromatic carbocycles. The van der Waals surface area contributed by atoms with Gasteiger partial charge in [0.1, 0.15) is 5.52 Å². The summed E-state index contributed by atoms with van der Waals surface area (Å²) in [4.78, 5) is 4.55. The molecule has 0 radical (unpaired) electrons. The zero-order valence-corrected chi connectivity index (χ0v) is 11.9. The molecule has 0 amide bonds. The second kappa shape index (κ2) is 4.73. The maximum absolute atomic E-state index is 5.82. The second-order valence-electron chi connectivity index (χ2n) is 5.96. The van der Waals surface area contributed by atoms with E-state index in [1.807, 2.05) is 0 Å². The number of aryl methyl sites for hydroxylation is 2. The number of fused-ring (bicyclic) bond motifs is 1. The Balaban J connectivity index is 2.13. The summed E-state index contributed by atoms with van der Waals surface area (Å²) in [5.74, 6) is 0.815. The van der Waals surface area contributed by atoms with Gasteiger partial charge in [0.2, 0.25) is 0 Å². The fraction of sp³-hybridized carbons (Fsp3) is 0.533. The lowest BCUT2D eigenvalue weighted by atomic mass is 10.1. The lowest BCUT2D eigenvalue weighted by molar-refractivity contribution is 0.414. The average molecular weight is 246 g/mol. The Morgan fingerprint density at radius 1 is 1.22 bits per heavy atom. The molecular weight excluding hydrogens is 224 g/mol. The molecule has 18 heavy (non-hydrogen) atoms. The maximum Gasteiger partial charge on any atom is 0.196 e. The van der Waals surface area contributed by atoms with Crippen LogP contribution in [-0.2, 0) is 6.42 Å². The summed E-state index contributed by atoms with van der Waals surface area (Å²) in [6, 6.07) is 4.21. The Morgan fingerprint density at radius 2 is 1.94 bits per heavy atom. The summed E-state index contributed by atoms with van der Waals surface area (Å²) in [5.41, 5.74) is 4.42. The van der Waals surface area contributed by atoms with Gasteiger partial charge < -0.3 is 9.73 Å². The lowest BCUT2D eigenvalue weighted by Gasteiger charge is -2.19. The van der Waals surface area contributed by atoms with Crippen LogP contribution in [0, 0.1) is 13.8 Å². The zero-order valence-electron chi connectivity index (χ0n) is 11.9. The van der Waals surface area contributed by atoms with E-state index in [1.165, 1.54) is 5.56 Å². The number of nitrogens with one attached hydrogen (secondary N) is 1. The Labute approximate surface area is 109 Å². The summed E-state index contributed by atoms with van der Waals surface area (Å²) in [7, 11) is 0. The molecule has 0 aliphatic heterocycles. The average Bonchev–Trinajstić information content (AvgIpc) is 2.58. The third-order valence-corrected chi connectivity index (χ3v) is 2.86. The molecule has 0 bridgehead atoms. The topological polar surface area (TPSA) is 38.1 Å². The van der Waals surface area contributed by atoms with Gasteiger partial charge in [-0.1, -0.05) is 6.07 Å². The summed E-state index contributed by atoms with van der Waals surface area (Å²) >= 11 is 0. The second-order valence-corrected chi connectivity index (χ2v) is 5.96. The van der Waals surface area contributed by atoms with Crippen molar-refractivity contribution in [3.63, 3.8) is 0 Å². The molecule has 1 heterocycles. The van der Waals surface area contributed by atoms with Crippen LogP contribution in [0.1, 0.15) is 37.8 Å². The normalized spacial score (nSPS) is 12.3. The van der Waals surface area contributed by atoms with Gasteiger partial charge in [-0.3, -0.25) is 0 Å². The van der Waals surface area contributed by atoms with E-state index in [0.717, 1.165) is 35.5 Å². The standard InChI is InChI=1S/C15H22N2O/c1-10-8-11(2)14-12(9-10)17-13(18-14)6-7-16-15(3,4)5/h8-9,16H,6-7H2,1-5H3. The number of aromatic nitrogens is 1. The van der Waals surface area contributed by atoms with Gasteiger partial charge in [-0.15, -0.1) is 0 Å². The fourth-order valence-corrected chi connectivity index (χ4v) is 2.07. The number of hydrogen-bond donors (Lipinski definition) is 1. The van der Waals surface area contributed by atoms with Crippen molar-refractivity contribution >= 4 is 11.1 Å². The lowest BCUT2D eigenvalue weighted by Crippen LogP contribution is -2.37. The molecule has 0 unspecified atom stereocenters. The van der Waals surface area contributed by atoms with Gasteiger partial charge in [0.15, 0.2) is 11.5 Å². The van der Waals surface area contributed by atoms with Gasteiger partial charge in [-0.25, -0.2) is 4.98 Å². The van der Waals surface area contributed by atoms with Crippen LogP contribution in [-0.4, -0.2) is 17.1 Å². The predicted molar refractivity (Wildman–Crippen MR) is 74.9 cm³/mol. The van der Waals surface area contributed by atoms with Gasteiger partial charge in [-0.2, -0.15) is 0 Å². The van der Waals surface area contributed by atoms with E-state index >= 15 is 0 Å². The van der Waals surface area contributed by atoms with Gasteiger partial charge >= 0.3 is 0 Å². The molecular formula is C15H22N2O. The Kier molecular flexibility index (Phi) is 3.44. The van der Waals surface area contributed by atoms with Crippen LogP contribution in [0.15, 0.2) is 16.5 Å². The first-order chi connectivity index (χ1) is 8.35. The quantitative estimate of drug-likeness (QED) is 0.902. The van der Waals surface area contributed by atoms with Crippen LogP contribution in [0.2, 0.25) is 0 Å². The summed E-state index contributed by atoms with van der Waals surface area (Å²) in [6.45, 7) is 11.5. The highest BCUT2D eigenvalue weighted by Crippen LogP contribution is 2.21. The first kappa shape index (κ1) is 13.1. The van der Waals surface area contributed by atoms with Crippen molar-refractivity contribution in [2.75, 3.05) is 6.54 Å². The number of oxazole rings is 1. The van der Waals surface area contributed by atoms with Crippen molar-refractivity contribution in [3.05, 3.63) is 29.2 Å². The number of benzene rings is 1. The van der Waals surface area contributed by atoms with Gasteiger partial charge in [0.05, 0.1) is 0 Å². The SMILES string of the molecule is Cc1cc(C)c2oc(CCNC(C)(C)C)nc2c1. The molecule has 0 fully saturated rings. The highest BCUT2D eigenvalue weighted by molar-refractivity contribution is 5.77. The predicted octanol–water partition coefficient (Wildman–Crippen LogP) is 3.38. The van der Waals surface area contributed by atoms with E-state index in [4.69, 9.17) is 4.42 Å². The van der Waals surface area contributed by atoms with Crippen molar-refractivity contribution in [1.82, 2.24) is 10.3 Å². The zero-order chi connectivity index (χ0) is 13.3. The highest BCUT2D eigenvalue weighted by atomic mass is 16.3. The van der Waals surface area contributed by atoms with Gasteiger partial charge in [0, 0.05) is 18.5 Å². The van der Waals surface area contributed by atoms with Crippen molar-refractivity contribution < 1.29 is 4.42 Å². The van der Waals surface area contributed by atoms with Crippen LogP contribution >= 0.6 is 0 Å². The molecule has 1 aromatic heterocycles. The minimum absolute atomic E-state index is 0.137. The highest BCUT2D eigenvalue weighted by Gasteiger charge is 2.11. The Hall–Kier alpha value is -1.35. The van der Waals surface area contributed by atoms with Gasteiger partial charge in [-0.05, 0) is 51.8 Å². The Bertz CT molecular complexity index is 549. The smallest absolute Gasteiger partial charge is 0.196 e. The van der Waals surface area contributed by atoms with Crippen LogP contribution in [0.5, 0.6) is 0 Å². The molecule has 0 atom stereocenters. The van der Waals surface area contributed by atoms with E-state index < -0.39 is 0 Å². The Morgan fingerprint density at radius 3 is 2.61 bits per heavy atom. The number of hydrogen-bond acceptors (Lipinski definition) is 3. The van der Waals surface area contributed by atoms with E-state index in [0.29, 0.717) is 0 Å². The minimum atomic E-state index is 0.137. The van der Waals surface area contributed by atoms with Gasteiger partial charge in [0.25, 0.3) is 0 Å². The summed E-state index contributed by atoms with van der Waals surface area (Å²) in [6.07, 6.45) is 0.824. The van der Waals surface area contributed by atoms with Crippen molar-refractivity contribution in [1.29, 1.82) is 0 Å². The van der Waals surface area contributed by atoms with E-state index in [-0.39, 0.29) is 5.54 Å². The summed E-state index contributed by atoms with van der Waals surface area (Å²) in [5, 5.41) is 3.44. The molecule has 0 spiro atoms. The first-order valence-corrected chi connectivity index (χ1v) is 6.47. The minimum Gasteiger partial charge on any atom is -0.440 e. The molecule has 3 heteroatoms. The molecule has 0 aliphatic rings. The monoisotopic (exact) mass is 246 g/mol. The molecule has 98 valence electrons. The molecule has 2 aromatic rings. The molecule has 0 saturated carbocycles. The van der Waals surface area contributed by atoms with E-state index in [1.54, 1.807) is 0 Å². The number of nitrogens with zero attached hydrogens (tertiary/aromatic N) is 1. The fourth-order valence-electron chi connectivity index (χ4n) is 2.07. The van der Waals surface area contributed by atoms with Crippen molar-refractivity contribution in [2.45, 2.75) is 46.6 Å². The molecule has 1 N–H and O–H groups in total. The van der Waals surface area contributed by atoms with E-state index in [2.05, 4.69) is 57.1 Å². The molecule has 2 rings (SSSR count). The summed E-state index contributed by atoms with van der Waals surface area (Å²) < 4.78 is 5.82. The van der Waals surface area contributed by atoms with E-state index in [9.17, 15) is 0 Å². The van der Waals surface area contributed by atoms with Crippen molar-refractivity contribution in [3.8, 4) is 0 Å². The molecule has 3 nitrogen and oxygen atoms in total. The molecule has 0 aliphatic carbocycles. The van der Waals surface area contributed by atoms with Crippen molar-refractivity contribution in [2.24, 2.45) is 0 Å².